The molecule has 0 saturated carbocycles. The minimum atomic E-state index is -2.23. The van der Waals surface area contributed by atoms with Crippen LogP contribution in [0.2, 0.25) is 36.3 Å². The summed E-state index contributed by atoms with van der Waals surface area (Å²) >= 11 is 1.60. The second-order valence-electron chi connectivity index (χ2n) is 16.2. The van der Waals surface area contributed by atoms with Crippen molar-refractivity contribution >= 4 is 45.8 Å². The molecule has 2 fully saturated rings. The lowest BCUT2D eigenvalue weighted by Crippen LogP contribution is -2.53. The first-order chi connectivity index (χ1) is 24.1. The number of rotatable bonds is 14. The number of aryl methyl sites for hydroxylation is 1. The number of esters is 1. The summed E-state index contributed by atoms with van der Waals surface area (Å²) in [5, 5.41) is 13.0. The molecule has 0 aliphatic carbocycles. The van der Waals surface area contributed by atoms with E-state index in [2.05, 4.69) is 65.3 Å². The molecule has 1 N–H and O–H groups in total. The van der Waals surface area contributed by atoms with Gasteiger partial charge in [0.15, 0.2) is 16.6 Å². The van der Waals surface area contributed by atoms with Gasteiger partial charge in [-0.2, -0.15) is 0 Å². The number of aliphatic hydroxyl groups excluding tert-OH is 1. The molecule has 8 nitrogen and oxygen atoms in total. The number of hydrogen-bond donors (Lipinski definition) is 1. The number of carbonyl (C=O) groups excluding carboxylic acids is 2. The molecule has 51 heavy (non-hydrogen) atoms. The maximum atomic E-state index is 15.0. The van der Waals surface area contributed by atoms with Crippen LogP contribution in [0.1, 0.15) is 119 Å². The number of β-amino-alcohol motifs (C(OH)–C–C–N with tert-alkyl or cyclic N) is 1. The highest BCUT2D eigenvalue weighted by Crippen LogP contribution is 2.42. The molecule has 8 atom stereocenters. The first-order valence-corrected chi connectivity index (χ1v) is 26.1. The minimum absolute atomic E-state index is 0.0207. The highest BCUT2D eigenvalue weighted by atomic mass is 32.1. The van der Waals surface area contributed by atoms with Crippen LogP contribution in [0.4, 0.5) is 0 Å². The van der Waals surface area contributed by atoms with Crippen LogP contribution in [-0.2, 0) is 23.2 Å². The van der Waals surface area contributed by atoms with Crippen LogP contribution in [0.3, 0.4) is 0 Å². The molecular weight excluding hydrogens is 693 g/mol. The van der Waals surface area contributed by atoms with E-state index in [-0.39, 0.29) is 48.8 Å². The molecule has 1 aromatic heterocycles. The van der Waals surface area contributed by atoms with Crippen molar-refractivity contribution in [1.82, 2.24) is 9.88 Å². The number of aliphatic hydroxyl groups is 1. The SMILES string of the molecule is CC[Si](CC)(CC)O[C@H]1[C@@H](C)CCC[C@@H]2C(C[C@@H](/C(C)=C/c3csc(C)n3)OC(=O)C[C@H](O[Si](CC)(CC)CC)C(C)(C)C(=O)[C@@H]1C)[N@]2CCO. The van der Waals surface area contributed by atoms with Gasteiger partial charge in [-0.3, -0.25) is 14.5 Å². The minimum Gasteiger partial charge on any atom is -0.458 e. The zero-order valence-electron chi connectivity index (χ0n) is 34.2. The van der Waals surface area contributed by atoms with Crippen LogP contribution in [-0.4, -0.2) is 86.9 Å². The highest BCUT2D eigenvalue weighted by molar-refractivity contribution is 7.09. The lowest BCUT2D eigenvalue weighted by atomic mass is 9.73. The number of cyclic esters (lactones) is 1. The molecule has 1 unspecified atom stereocenters. The number of fused-ring (bicyclic) bond motifs is 1. The fourth-order valence-corrected chi connectivity index (χ4v) is 15.2. The van der Waals surface area contributed by atoms with Gasteiger partial charge in [0.2, 0.25) is 0 Å². The largest absolute Gasteiger partial charge is 0.458 e. The van der Waals surface area contributed by atoms with E-state index in [1.807, 2.05) is 39.2 Å². The van der Waals surface area contributed by atoms with E-state index in [0.29, 0.717) is 19.0 Å². The fraction of sp³-hybridized carbons (Fsp3) is 0.825. The van der Waals surface area contributed by atoms with E-state index in [9.17, 15) is 14.7 Å². The van der Waals surface area contributed by atoms with Gasteiger partial charge in [0, 0.05) is 41.8 Å². The second-order valence-corrected chi connectivity index (χ2v) is 26.7. The molecule has 1 aromatic rings. The first-order valence-electron chi connectivity index (χ1n) is 20.2. The lowest BCUT2D eigenvalue weighted by molar-refractivity contribution is -0.153. The molecule has 3 rings (SSSR count). The van der Waals surface area contributed by atoms with Gasteiger partial charge in [0.25, 0.3) is 0 Å². The van der Waals surface area contributed by atoms with E-state index in [1.165, 1.54) is 0 Å². The van der Waals surface area contributed by atoms with Gasteiger partial charge in [-0.05, 0) is 80.5 Å². The number of thiazole rings is 1. The average molecular weight is 765 g/mol. The molecule has 2 aliphatic rings. The average Bonchev–Trinajstić information content (AvgIpc) is 3.57. The molecule has 292 valence electrons. The van der Waals surface area contributed by atoms with Crippen LogP contribution >= 0.6 is 11.3 Å². The highest BCUT2D eigenvalue weighted by Gasteiger charge is 2.50. The first kappa shape index (κ1) is 44.2. The Kier molecular flexibility index (Phi) is 16.8. The second kappa shape index (κ2) is 19.4. The van der Waals surface area contributed by atoms with Gasteiger partial charge in [-0.15, -0.1) is 11.3 Å². The smallest absolute Gasteiger partial charge is 0.309 e. The van der Waals surface area contributed by atoms with Crippen LogP contribution in [0.5, 0.6) is 0 Å². The quantitative estimate of drug-likeness (QED) is 0.114. The molecular formula is C40H72N2O6SSi2. The summed E-state index contributed by atoms with van der Waals surface area (Å²) in [4.78, 5) is 36.2. The summed E-state index contributed by atoms with van der Waals surface area (Å²) < 4.78 is 20.9. The Morgan fingerprint density at radius 3 is 2.12 bits per heavy atom. The standard InChI is InChI=1S/C40H72N2O6SSi2/c1-13-50(14-2,15-3)47-36-26-37(44)46-35(29(8)24-32-27-49-31(10)41-32)25-34-33(42(34)22-23-43)21-19-20-28(7)38(30(9)39(45)40(36,11)12)48-51(16-4,17-5)18-6/h24,27-28,30,33-36,38,43H,13-23,25-26H2,1-12H3/b29-24+/t28-,30+,33+,34?,35-,36-,38-,42+/m0/s1. The Labute approximate surface area is 316 Å². The van der Waals surface area contributed by atoms with E-state index in [0.717, 1.165) is 71.8 Å². The normalized spacial score (nSPS) is 30.2. The number of ether oxygens (including phenoxy) is 1. The Morgan fingerprint density at radius 1 is 1.00 bits per heavy atom. The summed E-state index contributed by atoms with van der Waals surface area (Å²) in [7, 11) is -4.27. The third-order valence-corrected chi connectivity index (χ3v) is 23.0. The van der Waals surface area contributed by atoms with Crippen molar-refractivity contribution in [3.05, 3.63) is 21.7 Å². The Hall–Kier alpha value is -1.22. The van der Waals surface area contributed by atoms with Gasteiger partial charge in [-0.1, -0.05) is 75.7 Å². The van der Waals surface area contributed by atoms with E-state index in [1.54, 1.807) is 11.3 Å². The monoisotopic (exact) mass is 764 g/mol. The molecule has 3 heterocycles. The fourth-order valence-electron chi connectivity index (χ4n) is 8.62. The van der Waals surface area contributed by atoms with E-state index in [4.69, 9.17) is 13.6 Å². The molecule has 0 aromatic carbocycles. The van der Waals surface area contributed by atoms with E-state index >= 15 is 0 Å². The Balaban J connectivity index is 2.11. The van der Waals surface area contributed by atoms with Crippen LogP contribution in [0.25, 0.3) is 6.08 Å². The maximum absolute atomic E-state index is 15.0. The summed E-state index contributed by atoms with van der Waals surface area (Å²) in [5.74, 6) is -0.362. The predicted molar refractivity (Wildman–Crippen MR) is 216 cm³/mol. The molecule has 2 aliphatic heterocycles. The number of aromatic nitrogens is 1. The van der Waals surface area contributed by atoms with Gasteiger partial charge in [-0.25, -0.2) is 4.98 Å². The van der Waals surface area contributed by atoms with Crippen LogP contribution in [0.15, 0.2) is 11.0 Å². The molecule has 2 saturated heterocycles. The number of carbonyl (C=O) groups is 2. The van der Waals surface area contributed by atoms with Crippen molar-refractivity contribution in [2.24, 2.45) is 17.3 Å². The van der Waals surface area contributed by atoms with Crippen molar-refractivity contribution in [2.75, 3.05) is 13.2 Å². The number of ketones is 1. The topological polar surface area (TPSA) is 98.0 Å². The van der Waals surface area contributed by atoms with Crippen molar-refractivity contribution in [1.29, 1.82) is 0 Å². The van der Waals surface area contributed by atoms with Crippen LogP contribution in [0, 0.1) is 24.2 Å². The molecule has 0 bridgehead atoms. The van der Waals surface area contributed by atoms with Crippen molar-refractivity contribution in [3.8, 4) is 0 Å². The van der Waals surface area contributed by atoms with Gasteiger partial charge < -0.3 is 18.7 Å². The number of Topliss-reactive ketones (excluding diaryl/α,β-unsaturated/α-hetero) is 1. The lowest BCUT2D eigenvalue weighted by Gasteiger charge is -2.44. The summed E-state index contributed by atoms with van der Waals surface area (Å²) in [6, 6.07) is 6.39. The van der Waals surface area contributed by atoms with Crippen LogP contribution < -0.4 is 0 Å². The third kappa shape index (κ3) is 10.9. The van der Waals surface area contributed by atoms with Gasteiger partial charge in [0.05, 0.1) is 35.9 Å². The van der Waals surface area contributed by atoms with E-state index < -0.39 is 34.3 Å². The Morgan fingerprint density at radius 2 is 1.59 bits per heavy atom. The summed E-state index contributed by atoms with van der Waals surface area (Å²) in [5.41, 5.74) is 0.896. The third-order valence-electron chi connectivity index (χ3n) is 12.9. The summed E-state index contributed by atoms with van der Waals surface area (Å²) in [6.45, 7) is 26.4. The Bertz CT molecular complexity index is 1280. The number of nitrogens with zero attached hydrogens (tertiary/aromatic N) is 2. The van der Waals surface area contributed by atoms with Gasteiger partial charge >= 0.3 is 5.97 Å². The number of hydrogen-bond acceptors (Lipinski definition) is 9. The predicted octanol–water partition coefficient (Wildman–Crippen LogP) is 9.42. The zero-order chi connectivity index (χ0) is 38.1. The van der Waals surface area contributed by atoms with Crippen molar-refractivity contribution < 1.29 is 28.3 Å². The molecule has 0 amide bonds. The van der Waals surface area contributed by atoms with Gasteiger partial charge in [0.1, 0.15) is 11.9 Å². The summed E-state index contributed by atoms with van der Waals surface area (Å²) in [6.07, 6.45) is 4.45. The maximum Gasteiger partial charge on any atom is 0.309 e. The van der Waals surface area contributed by atoms with Crippen molar-refractivity contribution in [3.63, 3.8) is 0 Å². The molecule has 0 spiro atoms. The van der Waals surface area contributed by atoms with Crippen molar-refractivity contribution in [2.45, 2.75) is 182 Å². The molecule has 0 radical (unpaired) electrons. The zero-order valence-corrected chi connectivity index (χ0v) is 37.0. The molecule has 11 heteroatoms.